The average molecular weight is 396 g/mol. The number of nitrogens with zero attached hydrogens (tertiary/aromatic N) is 2. The molecule has 28 heavy (non-hydrogen) atoms. The van der Waals surface area contributed by atoms with E-state index in [0.29, 0.717) is 21.9 Å². The van der Waals surface area contributed by atoms with Gasteiger partial charge in [-0.2, -0.15) is 0 Å². The molecule has 3 aromatic rings. The minimum Gasteiger partial charge on any atom is -0.484 e. The third kappa shape index (κ3) is 4.47. The largest absolute Gasteiger partial charge is 0.484 e. The summed E-state index contributed by atoms with van der Waals surface area (Å²) in [5, 5.41) is 2.84. The van der Waals surface area contributed by atoms with E-state index in [2.05, 4.69) is 10.3 Å². The lowest BCUT2D eigenvalue weighted by Crippen LogP contribution is -2.27. The van der Waals surface area contributed by atoms with Crippen LogP contribution in [0.25, 0.3) is 5.69 Å². The summed E-state index contributed by atoms with van der Waals surface area (Å²) in [6.07, 6.45) is 1.58. The Morgan fingerprint density at radius 2 is 1.79 bits per heavy atom. The van der Waals surface area contributed by atoms with Gasteiger partial charge in [0.25, 0.3) is 11.8 Å². The normalized spacial score (nSPS) is 10.4. The van der Waals surface area contributed by atoms with Gasteiger partial charge in [0.15, 0.2) is 11.4 Å². The van der Waals surface area contributed by atoms with E-state index in [0.717, 1.165) is 5.69 Å². The van der Waals surface area contributed by atoms with E-state index in [1.807, 2.05) is 30.3 Å². The van der Waals surface area contributed by atoms with Crippen LogP contribution in [0, 0.1) is 4.77 Å². The quantitative estimate of drug-likeness (QED) is 0.627. The van der Waals surface area contributed by atoms with Crippen LogP contribution in [0.4, 0.5) is 5.69 Å². The van der Waals surface area contributed by atoms with Gasteiger partial charge in [-0.05, 0) is 48.6 Å². The molecule has 0 aliphatic rings. The van der Waals surface area contributed by atoms with Crippen LogP contribution in [-0.4, -0.2) is 47.0 Å². The average Bonchev–Trinajstić information content (AvgIpc) is 3.09. The lowest BCUT2D eigenvalue weighted by Gasteiger charge is -2.12. The van der Waals surface area contributed by atoms with Crippen LogP contribution in [0.1, 0.15) is 10.5 Å². The number of carbonyl (C=O) groups excluding carboxylic acids is 2. The standard InChI is InChI=1S/C20H20N4O3S/c1-23(2)18(25)13-27-16-10-8-14(9-11-16)22-19(26)17-12-21-20(28)24(17)15-6-4-3-5-7-15/h3-12H,13H2,1-2H3,(H,21,28)(H,22,26). The molecule has 1 heterocycles. The molecular weight excluding hydrogens is 376 g/mol. The van der Waals surface area contributed by atoms with E-state index in [-0.39, 0.29) is 18.4 Å². The third-order valence-corrected chi connectivity index (χ3v) is 4.30. The van der Waals surface area contributed by atoms with E-state index in [1.165, 1.54) is 4.90 Å². The number of anilines is 1. The summed E-state index contributed by atoms with van der Waals surface area (Å²) >= 11 is 5.30. The number of hydrogen-bond donors (Lipinski definition) is 2. The second-order valence-electron chi connectivity index (χ2n) is 6.21. The van der Waals surface area contributed by atoms with Crippen molar-refractivity contribution in [2.24, 2.45) is 0 Å². The molecule has 2 N–H and O–H groups in total. The molecule has 3 rings (SSSR count). The molecule has 1 aromatic heterocycles. The Morgan fingerprint density at radius 3 is 2.43 bits per heavy atom. The van der Waals surface area contributed by atoms with Crippen LogP contribution in [0.15, 0.2) is 60.8 Å². The Morgan fingerprint density at radius 1 is 1.11 bits per heavy atom. The monoisotopic (exact) mass is 396 g/mol. The number of likely N-dealkylation sites (N-methyl/N-ethyl adjacent to an activating group) is 1. The van der Waals surface area contributed by atoms with E-state index >= 15 is 0 Å². The highest BCUT2D eigenvalue weighted by Crippen LogP contribution is 2.18. The smallest absolute Gasteiger partial charge is 0.274 e. The van der Waals surface area contributed by atoms with Gasteiger partial charge in [0.05, 0.1) is 0 Å². The van der Waals surface area contributed by atoms with Crippen LogP contribution in [-0.2, 0) is 4.79 Å². The fraction of sp³-hybridized carbons (Fsp3) is 0.150. The van der Waals surface area contributed by atoms with E-state index < -0.39 is 0 Å². The van der Waals surface area contributed by atoms with Gasteiger partial charge in [-0.25, -0.2) is 0 Å². The van der Waals surface area contributed by atoms with Crippen molar-refractivity contribution in [3.05, 3.63) is 71.3 Å². The highest BCUT2D eigenvalue weighted by molar-refractivity contribution is 7.71. The van der Waals surface area contributed by atoms with E-state index in [1.54, 1.807) is 49.1 Å². The first kappa shape index (κ1) is 19.4. The molecule has 0 unspecified atom stereocenters. The number of H-pyrrole nitrogens is 1. The summed E-state index contributed by atoms with van der Waals surface area (Å²) in [4.78, 5) is 28.7. The van der Waals surface area contributed by atoms with Crippen LogP contribution < -0.4 is 10.1 Å². The molecule has 0 aliphatic heterocycles. The minimum atomic E-state index is -0.298. The fourth-order valence-electron chi connectivity index (χ4n) is 2.47. The van der Waals surface area contributed by atoms with Crippen molar-refractivity contribution in [3.8, 4) is 11.4 Å². The predicted molar refractivity (Wildman–Crippen MR) is 110 cm³/mol. The molecule has 0 fully saturated rings. The van der Waals surface area contributed by atoms with Crippen LogP contribution in [0.3, 0.4) is 0 Å². The fourth-order valence-corrected chi connectivity index (χ4v) is 2.74. The molecule has 2 aromatic carbocycles. The van der Waals surface area contributed by atoms with Crippen molar-refractivity contribution < 1.29 is 14.3 Å². The summed E-state index contributed by atoms with van der Waals surface area (Å²) in [6, 6.07) is 16.2. The lowest BCUT2D eigenvalue weighted by atomic mass is 10.2. The molecule has 0 bridgehead atoms. The van der Waals surface area contributed by atoms with Gasteiger partial charge < -0.3 is 19.9 Å². The first-order valence-corrected chi connectivity index (χ1v) is 8.97. The van der Waals surface area contributed by atoms with Crippen molar-refractivity contribution in [2.45, 2.75) is 0 Å². The van der Waals surface area contributed by atoms with Gasteiger partial charge in [-0.3, -0.25) is 14.2 Å². The van der Waals surface area contributed by atoms with Crippen molar-refractivity contribution in [1.82, 2.24) is 14.5 Å². The number of imidazole rings is 1. The Bertz CT molecular complexity index is 1020. The zero-order valence-corrected chi connectivity index (χ0v) is 16.3. The van der Waals surface area contributed by atoms with Crippen LogP contribution in [0.5, 0.6) is 5.75 Å². The van der Waals surface area contributed by atoms with Crippen LogP contribution >= 0.6 is 12.2 Å². The molecule has 0 spiro atoms. The predicted octanol–water partition coefficient (Wildman–Crippen LogP) is 3.25. The number of para-hydroxylation sites is 1. The number of amides is 2. The molecule has 0 saturated carbocycles. The summed E-state index contributed by atoms with van der Waals surface area (Å²) in [7, 11) is 3.34. The SMILES string of the molecule is CN(C)C(=O)COc1ccc(NC(=O)c2c[nH]c(=S)n2-c2ccccc2)cc1. The summed E-state index contributed by atoms with van der Waals surface area (Å²) in [5.41, 5.74) is 1.80. The number of aromatic amines is 1. The van der Waals surface area contributed by atoms with Crippen molar-refractivity contribution in [3.63, 3.8) is 0 Å². The Labute approximate surface area is 167 Å². The Balaban J connectivity index is 1.71. The second kappa shape index (κ2) is 8.53. The maximum Gasteiger partial charge on any atom is 0.274 e. The number of rotatable bonds is 6. The van der Waals surface area contributed by atoms with Crippen molar-refractivity contribution >= 4 is 29.7 Å². The van der Waals surface area contributed by atoms with Crippen molar-refractivity contribution in [2.75, 3.05) is 26.0 Å². The number of hydrogen-bond acceptors (Lipinski definition) is 4. The number of aromatic nitrogens is 2. The molecule has 0 aliphatic carbocycles. The highest BCUT2D eigenvalue weighted by atomic mass is 32.1. The maximum atomic E-state index is 12.7. The molecule has 0 radical (unpaired) electrons. The molecular formula is C20H20N4O3S. The number of nitrogens with one attached hydrogen (secondary N) is 2. The van der Waals surface area contributed by atoms with Gasteiger partial charge in [-0.15, -0.1) is 0 Å². The van der Waals surface area contributed by atoms with Gasteiger partial charge in [-0.1, -0.05) is 18.2 Å². The molecule has 0 saturated heterocycles. The highest BCUT2D eigenvalue weighted by Gasteiger charge is 2.14. The summed E-state index contributed by atoms with van der Waals surface area (Å²) in [6.45, 7) is -0.0409. The molecule has 7 nitrogen and oxygen atoms in total. The van der Waals surface area contributed by atoms with Gasteiger partial charge in [0.1, 0.15) is 11.4 Å². The Kier molecular flexibility index (Phi) is 5.90. The van der Waals surface area contributed by atoms with E-state index in [4.69, 9.17) is 17.0 Å². The minimum absolute atomic E-state index is 0.0409. The molecule has 8 heteroatoms. The molecule has 0 atom stereocenters. The maximum absolute atomic E-state index is 12.7. The molecule has 2 amide bonds. The first-order valence-electron chi connectivity index (χ1n) is 8.56. The summed E-state index contributed by atoms with van der Waals surface area (Å²) < 4.78 is 7.54. The first-order chi connectivity index (χ1) is 13.5. The zero-order valence-electron chi connectivity index (χ0n) is 15.5. The van der Waals surface area contributed by atoms with Gasteiger partial charge in [0.2, 0.25) is 0 Å². The number of ether oxygens (including phenoxy) is 1. The zero-order chi connectivity index (χ0) is 20.1. The topological polar surface area (TPSA) is 79.4 Å². The molecule has 144 valence electrons. The second-order valence-corrected chi connectivity index (χ2v) is 6.59. The van der Waals surface area contributed by atoms with Crippen LogP contribution in [0.2, 0.25) is 0 Å². The van der Waals surface area contributed by atoms with Crippen molar-refractivity contribution in [1.29, 1.82) is 0 Å². The Hall–Kier alpha value is -3.39. The summed E-state index contributed by atoms with van der Waals surface area (Å²) in [5.74, 6) is 0.115. The number of carbonyl (C=O) groups is 2. The number of benzene rings is 2. The lowest BCUT2D eigenvalue weighted by molar-refractivity contribution is -0.130. The van der Waals surface area contributed by atoms with Gasteiger partial charge in [0, 0.05) is 31.7 Å². The van der Waals surface area contributed by atoms with E-state index in [9.17, 15) is 9.59 Å². The third-order valence-electron chi connectivity index (χ3n) is 4.00. The van der Waals surface area contributed by atoms with Gasteiger partial charge >= 0.3 is 0 Å².